The summed E-state index contributed by atoms with van der Waals surface area (Å²) in [6, 6.07) is 12.1. The normalized spacial score (nSPS) is 11.9. The summed E-state index contributed by atoms with van der Waals surface area (Å²) in [6.07, 6.45) is 0. The molecule has 1 aromatic carbocycles. The maximum atomic E-state index is 5.68. The highest BCUT2D eigenvalue weighted by Crippen LogP contribution is 2.21. The summed E-state index contributed by atoms with van der Waals surface area (Å²) in [5.74, 6) is 0.781. The molecule has 5 heteroatoms. The van der Waals surface area contributed by atoms with Crippen molar-refractivity contribution in [2.45, 2.75) is 19.9 Å². The van der Waals surface area contributed by atoms with E-state index in [0.717, 1.165) is 21.5 Å². The third-order valence-corrected chi connectivity index (χ3v) is 3.74. The molecule has 104 valence electrons. The van der Waals surface area contributed by atoms with Gasteiger partial charge in [-0.25, -0.2) is 4.98 Å². The summed E-state index contributed by atoms with van der Waals surface area (Å²) in [6.45, 7) is 4.02. The van der Waals surface area contributed by atoms with Crippen LogP contribution in [0.1, 0.15) is 29.8 Å². The van der Waals surface area contributed by atoms with Crippen molar-refractivity contribution in [2.75, 3.05) is 5.32 Å². The van der Waals surface area contributed by atoms with E-state index in [1.807, 2.05) is 31.2 Å². The largest absolute Gasteiger partial charge is 0.389 e. The number of nitrogens with one attached hydrogen (secondary N) is 1. The standard InChI is InChI=1S/C15H16BrN3S/c1-9-7-12(15(17)20)8-14(18-9)19-10(2)11-3-5-13(16)6-4-11/h3-8,10H,1-2H3,(H2,17,20)(H,18,19). The third-order valence-electron chi connectivity index (χ3n) is 2.97. The van der Waals surface area contributed by atoms with Gasteiger partial charge in [0.2, 0.25) is 0 Å². The molecule has 1 unspecified atom stereocenters. The summed E-state index contributed by atoms with van der Waals surface area (Å²) in [5.41, 5.74) is 8.59. The summed E-state index contributed by atoms with van der Waals surface area (Å²) in [5, 5.41) is 3.37. The molecule has 1 aromatic heterocycles. The van der Waals surface area contributed by atoms with Crippen LogP contribution in [-0.4, -0.2) is 9.97 Å². The number of pyridine rings is 1. The molecule has 0 fully saturated rings. The fraction of sp³-hybridized carbons (Fsp3) is 0.200. The molecule has 0 aliphatic carbocycles. The van der Waals surface area contributed by atoms with Crippen LogP contribution in [0.25, 0.3) is 0 Å². The highest BCUT2D eigenvalue weighted by atomic mass is 79.9. The second-order valence-electron chi connectivity index (χ2n) is 4.66. The molecule has 0 amide bonds. The fourth-order valence-electron chi connectivity index (χ4n) is 1.94. The lowest BCUT2D eigenvalue weighted by atomic mass is 10.1. The van der Waals surface area contributed by atoms with Gasteiger partial charge in [0.05, 0.1) is 0 Å². The number of halogens is 1. The first kappa shape index (κ1) is 14.9. The van der Waals surface area contributed by atoms with Crippen molar-refractivity contribution < 1.29 is 0 Å². The molecule has 2 aromatic rings. The first-order valence-corrected chi connectivity index (χ1v) is 7.46. The number of hydrogen-bond acceptors (Lipinski definition) is 3. The van der Waals surface area contributed by atoms with Crippen molar-refractivity contribution >= 4 is 39.0 Å². The Labute approximate surface area is 132 Å². The summed E-state index contributed by atoms with van der Waals surface area (Å²) >= 11 is 8.46. The number of anilines is 1. The zero-order chi connectivity index (χ0) is 14.7. The van der Waals surface area contributed by atoms with Crippen LogP contribution in [0.4, 0.5) is 5.82 Å². The van der Waals surface area contributed by atoms with Gasteiger partial charge in [0.25, 0.3) is 0 Å². The van der Waals surface area contributed by atoms with Gasteiger partial charge < -0.3 is 11.1 Å². The second-order valence-corrected chi connectivity index (χ2v) is 6.02. The number of aryl methyl sites for hydroxylation is 1. The molecule has 0 saturated carbocycles. The minimum absolute atomic E-state index is 0.150. The van der Waals surface area contributed by atoms with Crippen molar-refractivity contribution in [1.82, 2.24) is 4.98 Å². The molecule has 0 aliphatic rings. The maximum absolute atomic E-state index is 5.68. The van der Waals surface area contributed by atoms with E-state index < -0.39 is 0 Å². The summed E-state index contributed by atoms with van der Waals surface area (Å²) < 4.78 is 1.07. The van der Waals surface area contributed by atoms with E-state index in [-0.39, 0.29) is 6.04 Å². The van der Waals surface area contributed by atoms with E-state index in [4.69, 9.17) is 18.0 Å². The topological polar surface area (TPSA) is 50.9 Å². The third kappa shape index (κ3) is 3.77. The van der Waals surface area contributed by atoms with Crippen molar-refractivity contribution in [3.05, 3.63) is 57.7 Å². The lowest BCUT2D eigenvalue weighted by Gasteiger charge is -2.16. The Kier molecular flexibility index (Phi) is 4.73. The Morgan fingerprint density at radius 3 is 2.55 bits per heavy atom. The van der Waals surface area contributed by atoms with Crippen LogP contribution in [-0.2, 0) is 0 Å². The molecule has 1 atom stereocenters. The fourth-order valence-corrected chi connectivity index (χ4v) is 2.32. The minimum Gasteiger partial charge on any atom is -0.389 e. The first-order chi connectivity index (χ1) is 9.45. The lowest BCUT2D eigenvalue weighted by Crippen LogP contribution is -2.13. The van der Waals surface area contributed by atoms with Gasteiger partial charge in [0.1, 0.15) is 10.8 Å². The Morgan fingerprint density at radius 1 is 1.30 bits per heavy atom. The molecule has 0 spiro atoms. The summed E-state index contributed by atoms with van der Waals surface area (Å²) in [4.78, 5) is 4.85. The number of nitrogens with two attached hydrogens (primary N) is 1. The van der Waals surface area contributed by atoms with E-state index in [2.05, 4.69) is 45.3 Å². The molecule has 2 rings (SSSR count). The SMILES string of the molecule is Cc1cc(C(N)=S)cc(NC(C)c2ccc(Br)cc2)n1. The van der Waals surface area contributed by atoms with Crippen LogP contribution in [0, 0.1) is 6.92 Å². The van der Waals surface area contributed by atoms with Crippen LogP contribution in [0.15, 0.2) is 40.9 Å². The number of aromatic nitrogens is 1. The van der Waals surface area contributed by atoms with Crippen molar-refractivity contribution in [2.24, 2.45) is 5.73 Å². The summed E-state index contributed by atoms with van der Waals surface area (Å²) in [7, 11) is 0. The van der Waals surface area contributed by atoms with E-state index in [0.29, 0.717) is 4.99 Å². The van der Waals surface area contributed by atoms with Crippen LogP contribution in [0.3, 0.4) is 0 Å². The van der Waals surface area contributed by atoms with Gasteiger partial charge in [-0.1, -0.05) is 40.3 Å². The molecule has 0 radical (unpaired) electrons. The van der Waals surface area contributed by atoms with E-state index >= 15 is 0 Å². The number of rotatable bonds is 4. The Morgan fingerprint density at radius 2 is 1.95 bits per heavy atom. The average Bonchev–Trinajstić information content (AvgIpc) is 2.38. The van der Waals surface area contributed by atoms with Crippen molar-refractivity contribution in [3.63, 3.8) is 0 Å². The second kappa shape index (κ2) is 6.33. The van der Waals surface area contributed by atoms with Gasteiger partial charge in [-0.05, 0) is 43.7 Å². The van der Waals surface area contributed by atoms with Crippen LogP contribution in [0.5, 0.6) is 0 Å². The maximum Gasteiger partial charge on any atom is 0.127 e. The van der Waals surface area contributed by atoms with Gasteiger partial charge in [-0.2, -0.15) is 0 Å². The smallest absolute Gasteiger partial charge is 0.127 e. The van der Waals surface area contributed by atoms with Crippen molar-refractivity contribution in [1.29, 1.82) is 0 Å². The molecule has 0 bridgehead atoms. The highest BCUT2D eigenvalue weighted by Gasteiger charge is 2.08. The quantitative estimate of drug-likeness (QED) is 0.820. The van der Waals surface area contributed by atoms with E-state index in [9.17, 15) is 0 Å². The first-order valence-electron chi connectivity index (χ1n) is 6.26. The minimum atomic E-state index is 0.150. The van der Waals surface area contributed by atoms with E-state index in [1.54, 1.807) is 0 Å². The highest BCUT2D eigenvalue weighted by molar-refractivity contribution is 9.10. The molecule has 0 aliphatic heterocycles. The number of hydrogen-bond donors (Lipinski definition) is 2. The molecular formula is C15H16BrN3S. The average molecular weight is 350 g/mol. The zero-order valence-electron chi connectivity index (χ0n) is 11.4. The zero-order valence-corrected chi connectivity index (χ0v) is 13.8. The van der Waals surface area contributed by atoms with Gasteiger partial charge in [0.15, 0.2) is 0 Å². The molecule has 1 heterocycles. The Bertz CT molecular complexity index is 626. The lowest BCUT2D eigenvalue weighted by molar-refractivity contribution is 0.872. The molecule has 3 nitrogen and oxygen atoms in total. The number of benzene rings is 1. The van der Waals surface area contributed by atoms with Gasteiger partial charge in [0, 0.05) is 21.8 Å². The Hall–Kier alpha value is -1.46. The predicted octanol–water partition coefficient (Wildman–Crippen LogP) is 3.96. The monoisotopic (exact) mass is 349 g/mol. The van der Waals surface area contributed by atoms with Crippen LogP contribution < -0.4 is 11.1 Å². The number of thiocarbonyl (C=S) groups is 1. The van der Waals surface area contributed by atoms with Gasteiger partial charge in [-0.15, -0.1) is 0 Å². The predicted molar refractivity (Wildman–Crippen MR) is 91.0 cm³/mol. The molecule has 20 heavy (non-hydrogen) atoms. The Balaban J connectivity index is 2.21. The number of nitrogens with zero attached hydrogens (tertiary/aromatic N) is 1. The molecular weight excluding hydrogens is 334 g/mol. The van der Waals surface area contributed by atoms with Crippen LogP contribution >= 0.6 is 28.1 Å². The van der Waals surface area contributed by atoms with Crippen molar-refractivity contribution in [3.8, 4) is 0 Å². The molecule has 3 N–H and O–H groups in total. The van der Waals surface area contributed by atoms with Gasteiger partial charge in [-0.3, -0.25) is 0 Å². The molecule has 0 saturated heterocycles. The van der Waals surface area contributed by atoms with E-state index in [1.165, 1.54) is 5.56 Å². The van der Waals surface area contributed by atoms with Gasteiger partial charge >= 0.3 is 0 Å². The van der Waals surface area contributed by atoms with Crippen LogP contribution in [0.2, 0.25) is 0 Å².